The molecule has 1 aromatic rings. The number of benzene rings is 1. The van der Waals surface area contributed by atoms with E-state index in [1.165, 1.54) is 30.0 Å². The van der Waals surface area contributed by atoms with E-state index in [1.807, 2.05) is 12.1 Å². The maximum absolute atomic E-state index is 12.0. The fourth-order valence-electron chi connectivity index (χ4n) is 2.75. The molecule has 0 heterocycles. The molecular formula is C15H24N2O2S. The Bertz CT molecular complexity index is 537. The molecule has 0 bridgehead atoms. The van der Waals surface area contributed by atoms with Crippen molar-refractivity contribution in [3.05, 3.63) is 24.3 Å². The molecule has 0 radical (unpaired) electrons. The van der Waals surface area contributed by atoms with Crippen molar-refractivity contribution < 1.29 is 8.42 Å². The summed E-state index contributed by atoms with van der Waals surface area (Å²) < 4.78 is 25.2. The first-order valence-corrected chi connectivity index (χ1v) is 8.66. The minimum atomic E-state index is -3.33. The van der Waals surface area contributed by atoms with Crippen molar-refractivity contribution in [2.75, 3.05) is 19.4 Å². The molecule has 1 fully saturated rings. The molecule has 4 nitrogen and oxygen atoms in total. The second-order valence-corrected chi connectivity index (χ2v) is 7.89. The Morgan fingerprint density at radius 1 is 1.20 bits per heavy atom. The van der Waals surface area contributed by atoms with Crippen molar-refractivity contribution in [3.8, 4) is 0 Å². The van der Waals surface area contributed by atoms with E-state index in [0.717, 1.165) is 11.6 Å². The van der Waals surface area contributed by atoms with E-state index >= 15 is 0 Å². The minimum absolute atomic E-state index is 0.339. The molecule has 1 aliphatic rings. The summed E-state index contributed by atoms with van der Waals surface area (Å²) >= 11 is 0. The van der Waals surface area contributed by atoms with E-state index in [0.29, 0.717) is 10.9 Å². The third-order valence-electron chi connectivity index (χ3n) is 4.12. The Balaban J connectivity index is 2.03. The largest absolute Gasteiger partial charge is 0.382 e. The van der Waals surface area contributed by atoms with Gasteiger partial charge in [-0.15, -0.1) is 0 Å². The summed E-state index contributed by atoms with van der Waals surface area (Å²) in [7, 11) is -0.235. The van der Waals surface area contributed by atoms with Gasteiger partial charge in [0.15, 0.2) is 0 Å². The first-order valence-electron chi connectivity index (χ1n) is 7.22. The number of sulfonamides is 1. The molecule has 0 aromatic heterocycles. The average Bonchev–Trinajstić information content (AvgIpc) is 2.87. The normalized spacial score (nSPS) is 23.2. The molecule has 1 aliphatic carbocycles. The van der Waals surface area contributed by atoms with Crippen LogP contribution in [0.3, 0.4) is 0 Å². The Kier molecular flexibility index (Phi) is 4.70. The van der Waals surface area contributed by atoms with Crippen LogP contribution in [0.15, 0.2) is 29.2 Å². The molecule has 20 heavy (non-hydrogen) atoms. The first-order chi connectivity index (χ1) is 9.43. The van der Waals surface area contributed by atoms with Gasteiger partial charge in [0.1, 0.15) is 0 Å². The van der Waals surface area contributed by atoms with Crippen LogP contribution in [0.2, 0.25) is 0 Å². The Morgan fingerprint density at radius 2 is 1.85 bits per heavy atom. The lowest BCUT2D eigenvalue weighted by Crippen LogP contribution is -2.22. The second-order valence-electron chi connectivity index (χ2n) is 5.74. The van der Waals surface area contributed by atoms with Crippen molar-refractivity contribution in [3.63, 3.8) is 0 Å². The Labute approximate surface area is 122 Å². The topological polar surface area (TPSA) is 49.4 Å². The molecule has 0 aliphatic heterocycles. The maximum atomic E-state index is 12.0. The van der Waals surface area contributed by atoms with Crippen LogP contribution in [0.1, 0.15) is 32.6 Å². The van der Waals surface area contributed by atoms with Gasteiger partial charge in [0.2, 0.25) is 10.0 Å². The molecule has 1 N–H and O–H groups in total. The monoisotopic (exact) mass is 296 g/mol. The van der Waals surface area contributed by atoms with Crippen LogP contribution < -0.4 is 5.32 Å². The van der Waals surface area contributed by atoms with Gasteiger partial charge in [-0.2, -0.15) is 0 Å². The van der Waals surface area contributed by atoms with Gasteiger partial charge in [-0.3, -0.25) is 0 Å². The highest BCUT2D eigenvalue weighted by molar-refractivity contribution is 7.89. The maximum Gasteiger partial charge on any atom is 0.242 e. The number of hydrogen-bond acceptors (Lipinski definition) is 3. The molecule has 2 rings (SSSR count). The number of nitrogens with zero attached hydrogens (tertiary/aromatic N) is 1. The van der Waals surface area contributed by atoms with Gasteiger partial charge in [0, 0.05) is 25.8 Å². The number of anilines is 1. The van der Waals surface area contributed by atoms with Crippen molar-refractivity contribution in [2.45, 2.75) is 43.5 Å². The lowest BCUT2D eigenvalue weighted by Gasteiger charge is -2.16. The zero-order valence-electron chi connectivity index (χ0n) is 12.5. The van der Waals surface area contributed by atoms with Gasteiger partial charge >= 0.3 is 0 Å². The van der Waals surface area contributed by atoms with Crippen LogP contribution in [0.4, 0.5) is 5.69 Å². The van der Waals surface area contributed by atoms with Gasteiger partial charge in [0.25, 0.3) is 0 Å². The SMILES string of the molecule is CCC1CCC(Nc2ccc(S(=O)(=O)N(C)C)cc2)C1. The zero-order valence-corrected chi connectivity index (χ0v) is 13.3. The summed E-state index contributed by atoms with van der Waals surface area (Å²) in [5, 5.41) is 3.50. The van der Waals surface area contributed by atoms with Crippen LogP contribution in [0.5, 0.6) is 0 Å². The molecule has 1 aromatic carbocycles. The van der Waals surface area contributed by atoms with E-state index in [4.69, 9.17) is 0 Å². The fourth-order valence-corrected chi connectivity index (χ4v) is 3.65. The molecule has 1 saturated carbocycles. The summed E-state index contributed by atoms with van der Waals surface area (Å²) in [5.41, 5.74) is 1.00. The number of rotatable bonds is 5. The van der Waals surface area contributed by atoms with Gasteiger partial charge < -0.3 is 5.32 Å². The molecule has 2 unspecified atom stereocenters. The first kappa shape index (κ1) is 15.3. The highest BCUT2D eigenvalue weighted by Gasteiger charge is 2.23. The summed E-state index contributed by atoms with van der Waals surface area (Å²) in [6, 6.07) is 7.58. The predicted octanol–water partition coefficient (Wildman–Crippen LogP) is 2.93. The summed E-state index contributed by atoms with van der Waals surface area (Å²) in [6.45, 7) is 2.24. The van der Waals surface area contributed by atoms with Crippen molar-refractivity contribution in [2.24, 2.45) is 5.92 Å². The third-order valence-corrected chi connectivity index (χ3v) is 5.95. The molecule has 0 saturated heterocycles. The van der Waals surface area contributed by atoms with E-state index in [1.54, 1.807) is 26.2 Å². The van der Waals surface area contributed by atoms with Crippen LogP contribution in [0, 0.1) is 5.92 Å². The standard InChI is InChI=1S/C15H24N2O2S/c1-4-12-5-6-14(11-12)16-13-7-9-15(10-8-13)20(18,19)17(2)3/h7-10,12,14,16H,4-6,11H2,1-3H3. The third kappa shape index (κ3) is 3.33. The molecule has 5 heteroatoms. The summed E-state index contributed by atoms with van der Waals surface area (Å²) in [6.07, 6.45) is 4.96. The van der Waals surface area contributed by atoms with Crippen LogP contribution in [-0.4, -0.2) is 32.9 Å². The Hall–Kier alpha value is -1.07. The van der Waals surface area contributed by atoms with Crippen LogP contribution in [-0.2, 0) is 10.0 Å². The van der Waals surface area contributed by atoms with Crippen LogP contribution in [0.25, 0.3) is 0 Å². The quantitative estimate of drug-likeness (QED) is 0.909. The molecule has 112 valence electrons. The average molecular weight is 296 g/mol. The lowest BCUT2D eigenvalue weighted by atomic mass is 10.1. The minimum Gasteiger partial charge on any atom is -0.382 e. The molecule has 2 atom stereocenters. The van der Waals surface area contributed by atoms with Gasteiger partial charge in [-0.1, -0.05) is 13.3 Å². The number of hydrogen-bond donors (Lipinski definition) is 1. The van der Waals surface area contributed by atoms with Crippen molar-refractivity contribution in [1.29, 1.82) is 0 Å². The van der Waals surface area contributed by atoms with E-state index < -0.39 is 10.0 Å². The highest BCUT2D eigenvalue weighted by atomic mass is 32.2. The highest BCUT2D eigenvalue weighted by Crippen LogP contribution is 2.30. The van der Waals surface area contributed by atoms with Crippen LogP contribution >= 0.6 is 0 Å². The second kappa shape index (κ2) is 6.14. The fraction of sp³-hybridized carbons (Fsp3) is 0.600. The molecule has 0 spiro atoms. The van der Waals surface area contributed by atoms with E-state index in [2.05, 4.69) is 12.2 Å². The molecule has 0 amide bonds. The van der Waals surface area contributed by atoms with Gasteiger partial charge in [0.05, 0.1) is 4.90 Å². The smallest absolute Gasteiger partial charge is 0.242 e. The summed E-state index contributed by atoms with van der Waals surface area (Å²) in [5.74, 6) is 0.834. The molecular weight excluding hydrogens is 272 g/mol. The van der Waals surface area contributed by atoms with Crippen molar-refractivity contribution in [1.82, 2.24) is 4.31 Å². The lowest BCUT2D eigenvalue weighted by molar-refractivity contribution is 0.521. The predicted molar refractivity (Wildman–Crippen MR) is 82.4 cm³/mol. The van der Waals surface area contributed by atoms with E-state index in [-0.39, 0.29) is 0 Å². The summed E-state index contributed by atoms with van der Waals surface area (Å²) in [4.78, 5) is 0.339. The zero-order chi connectivity index (χ0) is 14.8. The van der Waals surface area contributed by atoms with Gasteiger partial charge in [-0.05, 0) is 49.4 Å². The van der Waals surface area contributed by atoms with Crippen molar-refractivity contribution >= 4 is 15.7 Å². The van der Waals surface area contributed by atoms with Gasteiger partial charge in [-0.25, -0.2) is 12.7 Å². The number of nitrogens with one attached hydrogen (secondary N) is 1. The van der Waals surface area contributed by atoms with E-state index in [9.17, 15) is 8.42 Å². The Morgan fingerprint density at radius 3 is 2.35 bits per heavy atom.